The summed E-state index contributed by atoms with van der Waals surface area (Å²) in [6.45, 7) is 5.03. The van der Waals surface area contributed by atoms with Gasteiger partial charge in [0.25, 0.3) is 11.8 Å². The van der Waals surface area contributed by atoms with E-state index in [2.05, 4.69) is 15.3 Å². The van der Waals surface area contributed by atoms with Gasteiger partial charge < -0.3 is 15.1 Å². The van der Waals surface area contributed by atoms with Crippen molar-refractivity contribution in [3.8, 4) is 0 Å². The molecule has 2 aliphatic rings. The van der Waals surface area contributed by atoms with Crippen LogP contribution in [0.1, 0.15) is 39.4 Å². The Morgan fingerprint density at radius 3 is 2.61 bits per heavy atom. The number of fused-ring (bicyclic) bond motifs is 1. The second kappa shape index (κ2) is 8.10. The highest BCUT2D eigenvalue weighted by Gasteiger charge is 2.28. The molecule has 2 aliphatic heterocycles. The number of benzene rings is 1. The Labute approximate surface area is 163 Å². The molecule has 2 amide bonds. The molecule has 7 nitrogen and oxygen atoms in total. The minimum atomic E-state index is -0.299. The van der Waals surface area contributed by atoms with E-state index in [0.717, 1.165) is 25.2 Å². The van der Waals surface area contributed by atoms with Crippen molar-refractivity contribution in [1.82, 2.24) is 24.9 Å². The van der Waals surface area contributed by atoms with E-state index in [4.69, 9.17) is 0 Å². The van der Waals surface area contributed by atoms with Crippen molar-refractivity contribution in [1.29, 1.82) is 0 Å². The van der Waals surface area contributed by atoms with Gasteiger partial charge in [0.05, 0.1) is 6.54 Å². The average Bonchev–Trinajstić information content (AvgIpc) is 3.36. The van der Waals surface area contributed by atoms with Gasteiger partial charge in [-0.2, -0.15) is 5.10 Å². The number of hydrogen-bond donors (Lipinski definition) is 1. The normalized spacial score (nSPS) is 17.0. The summed E-state index contributed by atoms with van der Waals surface area (Å²) in [7, 11) is 0. The largest absolute Gasteiger partial charge is 0.349 e. The fourth-order valence-corrected chi connectivity index (χ4v) is 3.73. The van der Waals surface area contributed by atoms with E-state index in [1.165, 1.54) is 25.0 Å². The molecule has 0 spiro atoms. The summed E-state index contributed by atoms with van der Waals surface area (Å²) in [6.07, 6.45) is 2.44. The van der Waals surface area contributed by atoms with Gasteiger partial charge in [-0.1, -0.05) is 12.1 Å². The van der Waals surface area contributed by atoms with E-state index in [9.17, 15) is 14.0 Å². The van der Waals surface area contributed by atoms with E-state index in [1.54, 1.807) is 27.8 Å². The van der Waals surface area contributed by atoms with Crippen LogP contribution < -0.4 is 5.32 Å². The molecule has 1 N–H and O–H groups in total. The molecule has 0 saturated carbocycles. The Morgan fingerprint density at radius 2 is 1.86 bits per heavy atom. The molecule has 1 saturated heterocycles. The van der Waals surface area contributed by atoms with Gasteiger partial charge in [0.1, 0.15) is 11.5 Å². The number of rotatable bonds is 6. The van der Waals surface area contributed by atoms with Crippen LogP contribution in [0.4, 0.5) is 4.39 Å². The first-order valence-electron chi connectivity index (χ1n) is 9.72. The lowest BCUT2D eigenvalue weighted by atomic mass is 10.2. The van der Waals surface area contributed by atoms with Gasteiger partial charge in [0.15, 0.2) is 5.69 Å². The number of nitrogens with one attached hydrogen (secondary N) is 1. The standard InChI is InChI=1S/C20H24FN5O2/c21-16-5-3-15(4-6-16)14-25-11-12-26-18(20(25)28)13-17(23-26)19(27)22-7-10-24-8-1-2-9-24/h3-6,13H,1-2,7-12,14H2,(H,22,27). The molecule has 1 aromatic carbocycles. The lowest BCUT2D eigenvalue weighted by molar-refractivity contribution is 0.0683. The molecule has 28 heavy (non-hydrogen) atoms. The van der Waals surface area contributed by atoms with Crippen molar-refractivity contribution < 1.29 is 14.0 Å². The zero-order valence-corrected chi connectivity index (χ0v) is 15.7. The monoisotopic (exact) mass is 385 g/mol. The Morgan fingerprint density at radius 1 is 1.11 bits per heavy atom. The molecule has 4 rings (SSSR count). The molecule has 1 aromatic heterocycles. The first-order chi connectivity index (χ1) is 13.6. The molecular weight excluding hydrogens is 361 g/mol. The SMILES string of the molecule is O=C(NCCN1CCCC1)c1cc2n(n1)CCN(Cc1ccc(F)cc1)C2=O. The maximum atomic E-state index is 13.1. The highest BCUT2D eigenvalue weighted by molar-refractivity contribution is 5.98. The van der Waals surface area contributed by atoms with E-state index in [0.29, 0.717) is 31.9 Å². The topological polar surface area (TPSA) is 70.5 Å². The number of carbonyl (C=O) groups is 2. The summed E-state index contributed by atoms with van der Waals surface area (Å²) in [5.74, 6) is -0.717. The second-order valence-electron chi connectivity index (χ2n) is 7.30. The van der Waals surface area contributed by atoms with Crippen LogP contribution in [0.5, 0.6) is 0 Å². The molecule has 148 valence electrons. The molecule has 0 bridgehead atoms. The number of nitrogens with zero attached hydrogens (tertiary/aromatic N) is 4. The van der Waals surface area contributed by atoms with E-state index < -0.39 is 0 Å². The molecule has 0 aliphatic carbocycles. The summed E-state index contributed by atoms with van der Waals surface area (Å²) in [4.78, 5) is 29.2. The van der Waals surface area contributed by atoms with E-state index >= 15 is 0 Å². The number of amides is 2. The highest BCUT2D eigenvalue weighted by atomic mass is 19.1. The molecule has 8 heteroatoms. The van der Waals surface area contributed by atoms with Crippen LogP contribution in [0.3, 0.4) is 0 Å². The number of hydrogen-bond acceptors (Lipinski definition) is 4. The van der Waals surface area contributed by atoms with Crippen LogP contribution in [0, 0.1) is 5.82 Å². The smallest absolute Gasteiger partial charge is 0.272 e. The summed E-state index contributed by atoms with van der Waals surface area (Å²) >= 11 is 0. The number of carbonyl (C=O) groups excluding carboxylic acids is 2. The fraction of sp³-hybridized carbons (Fsp3) is 0.450. The van der Waals surface area contributed by atoms with Gasteiger partial charge in [0.2, 0.25) is 0 Å². The first-order valence-corrected chi connectivity index (χ1v) is 9.72. The van der Waals surface area contributed by atoms with Crippen LogP contribution in [-0.4, -0.2) is 64.1 Å². The van der Waals surface area contributed by atoms with E-state index in [-0.39, 0.29) is 23.3 Å². The van der Waals surface area contributed by atoms with Crippen LogP contribution in [0.2, 0.25) is 0 Å². The fourth-order valence-electron chi connectivity index (χ4n) is 3.73. The Hall–Kier alpha value is -2.74. The first kappa shape index (κ1) is 18.6. The predicted octanol–water partition coefficient (Wildman–Crippen LogP) is 1.50. The Balaban J connectivity index is 1.37. The summed E-state index contributed by atoms with van der Waals surface area (Å²) < 4.78 is 14.7. The quantitative estimate of drug-likeness (QED) is 0.818. The molecule has 3 heterocycles. The van der Waals surface area contributed by atoms with Gasteiger partial charge in [-0.3, -0.25) is 14.3 Å². The van der Waals surface area contributed by atoms with Crippen molar-refractivity contribution in [2.75, 3.05) is 32.7 Å². The van der Waals surface area contributed by atoms with Gasteiger partial charge in [-0.25, -0.2) is 4.39 Å². The summed E-state index contributed by atoms with van der Waals surface area (Å²) in [5.41, 5.74) is 1.55. The van der Waals surface area contributed by atoms with Crippen molar-refractivity contribution in [2.24, 2.45) is 0 Å². The second-order valence-corrected chi connectivity index (χ2v) is 7.30. The van der Waals surface area contributed by atoms with Crippen molar-refractivity contribution in [3.63, 3.8) is 0 Å². The zero-order chi connectivity index (χ0) is 19.5. The van der Waals surface area contributed by atoms with Gasteiger partial charge >= 0.3 is 0 Å². The Bertz CT molecular complexity index is 858. The molecule has 0 unspecified atom stereocenters. The third-order valence-electron chi connectivity index (χ3n) is 5.30. The number of likely N-dealkylation sites (tertiary alicyclic amines) is 1. The average molecular weight is 385 g/mol. The van der Waals surface area contributed by atoms with E-state index in [1.807, 2.05) is 0 Å². The lowest BCUT2D eigenvalue weighted by Gasteiger charge is -2.27. The third kappa shape index (κ3) is 4.06. The minimum Gasteiger partial charge on any atom is -0.349 e. The summed E-state index contributed by atoms with van der Waals surface area (Å²) in [5, 5.41) is 7.19. The van der Waals surface area contributed by atoms with Crippen molar-refractivity contribution in [2.45, 2.75) is 25.9 Å². The molecule has 0 radical (unpaired) electrons. The van der Waals surface area contributed by atoms with Crippen molar-refractivity contribution >= 4 is 11.8 Å². The third-order valence-corrected chi connectivity index (χ3v) is 5.30. The molecular formula is C20H24FN5O2. The van der Waals surface area contributed by atoms with Gasteiger partial charge in [0, 0.05) is 32.2 Å². The minimum absolute atomic E-state index is 0.167. The molecule has 2 aromatic rings. The van der Waals surface area contributed by atoms with Crippen molar-refractivity contribution in [3.05, 3.63) is 53.1 Å². The van der Waals surface area contributed by atoms with Crippen LogP contribution in [-0.2, 0) is 13.1 Å². The lowest BCUT2D eigenvalue weighted by Crippen LogP contribution is -2.39. The maximum Gasteiger partial charge on any atom is 0.272 e. The van der Waals surface area contributed by atoms with Gasteiger partial charge in [-0.05, 0) is 43.6 Å². The van der Waals surface area contributed by atoms with Crippen LogP contribution in [0.15, 0.2) is 30.3 Å². The maximum absolute atomic E-state index is 13.1. The predicted molar refractivity (Wildman–Crippen MR) is 101 cm³/mol. The zero-order valence-electron chi connectivity index (χ0n) is 15.7. The van der Waals surface area contributed by atoms with Gasteiger partial charge in [-0.15, -0.1) is 0 Å². The molecule has 0 atom stereocenters. The molecule has 1 fully saturated rings. The van der Waals surface area contributed by atoms with Crippen LogP contribution >= 0.6 is 0 Å². The van der Waals surface area contributed by atoms with Crippen LogP contribution in [0.25, 0.3) is 0 Å². The number of halogens is 1. The highest BCUT2D eigenvalue weighted by Crippen LogP contribution is 2.17. The Kier molecular flexibility index (Phi) is 5.38. The summed E-state index contributed by atoms with van der Waals surface area (Å²) in [6, 6.07) is 7.68. The number of aromatic nitrogens is 2.